The molecule has 0 aliphatic carbocycles. The third-order valence-corrected chi connectivity index (χ3v) is 6.75. The number of nitrogens with zero attached hydrogens (tertiary/aromatic N) is 5. The minimum atomic E-state index is -0.394. The van der Waals surface area contributed by atoms with Crippen molar-refractivity contribution < 1.29 is 18.7 Å². The van der Waals surface area contributed by atoms with Gasteiger partial charge in [0.2, 0.25) is 5.91 Å². The van der Waals surface area contributed by atoms with E-state index >= 15 is 0 Å². The zero-order chi connectivity index (χ0) is 21.4. The molecule has 0 saturated heterocycles. The summed E-state index contributed by atoms with van der Waals surface area (Å²) < 4.78 is 20.0. The SMILES string of the molecule is CCc1ncnc(N2CCc3c(sc4c3C(=O)N(C)CC(=O)N4CCOC)C2)c1F. The summed E-state index contributed by atoms with van der Waals surface area (Å²) in [4.78, 5) is 39.9. The Morgan fingerprint density at radius 3 is 2.80 bits per heavy atom. The van der Waals surface area contributed by atoms with E-state index in [4.69, 9.17) is 4.74 Å². The number of methoxy groups -OCH3 is 1. The highest BCUT2D eigenvalue weighted by Gasteiger charge is 2.37. The monoisotopic (exact) mass is 433 g/mol. The van der Waals surface area contributed by atoms with Crippen LogP contribution in [0.5, 0.6) is 0 Å². The van der Waals surface area contributed by atoms with Gasteiger partial charge in [-0.1, -0.05) is 6.92 Å². The maximum absolute atomic E-state index is 14.8. The third kappa shape index (κ3) is 3.43. The van der Waals surface area contributed by atoms with Gasteiger partial charge in [0.25, 0.3) is 5.91 Å². The van der Waals surface area contributed by atoms with Crippen molar-refractivity contribution in [3.8, 4) is 0 Å². The summed E-state index contributed by atoms with van der Waals surface area (Å²) in [6.45, 7) is 3.63. The molecule has 4 rings (SSSR count). The predicted molar refractivity (Wildman–Crippen MR) is 112 cm³/mol. The number of ether oxygens (including phenoxy) is 1. The Morgan fingerprint density at radius 2 is 2.07 bits per heavy atom. The average molecular weight is 434 g/mol. The van der Waals surface area contributed by atoms with Gasteiger partial charge in [-0.2, -0.15) is 0 Å². The fraction of sp³-hybridized carbons (Fsp3) is 0.500. The lowest BCUT2D eigenvalue weighted by Crippen LogP contribution is -2.39. The fourth-order valence-corrected chi connectivity index (χ4v) is 5.31. The maximum Gasteiger partial charge on any atom is 0.257 e. The molecule has 0 fully saturated rings. The van der Waals surface area contributed by atoms with Crippen molar-refractivity contribution in [2.45, 2.75) is 26.3 Å². The minimum absolute atomic E-state index is 0.0385. The number of likely N-dealkylation sites (N-methyl/N-ethyl adjacent to an activating group) is 1. The molecular formula is C20H24FN5O3S. The van der Waals surface area contributed by atoms with E-state index in [1.54, 1.807) is 19.1 Å². The molecule has 0 spiro atoms. The number of aryl methyl sites for hydroxylation is 1. The van der Waals surface area contributed by atoms with E-state index in [-0.39, 0.29) is 24.2 Å². The van der Waals surface area contributed by atoms with Crippen molar-refractivity contribution in [2.75, 3.05) is 50.2 Å². The normalized spacial score (nSPS) is 16.6. The molecule has 0 atom stereocenters. The Morgan fingerprint density at radius 1 is 1.27 bits per heavy atom. The molecule has 0 saturated carbocycles. The van der Waals surface area contributed by atoms with Crippen LogP contribution in [0.1, 0.15) is 33.4 Å². The average Bonchev–Trinajstić information content (AvgIpc) is 3.08. The number of aromatic nitrogens is 2. The van der Waals surface area contributed by atoms with Crippen LogP contribution in [0.4, 0.5) is 15.2 Å². The van der Waals surface area contributed by atoms with Gasteiger partial charge in [-0.3, -0.25) is 14.5 Å². The summed E-state index contributed by atoms with van der Waals surface area (Å²) in [5, 5.41) is 0.663. The summed E-state index contributed by atoms with van der Waals surface area (Å²) >= 11 is 1.43. The third-order valence-electron chi connectivity index (χ3n) is 5.51. The van der Waals surface area contributed by atoms with Gasteiger partial charge in [0.15, 0.2) is 11.6 Å². The number of carbonyl (C=O) groups is 2. The van der Waals surface area contributed by atoms with Gasteiger partial charge in [-0.15, -0.1) is 11.3 Å². The van der Waals surface area contributed by atoms with Crippen molar-refractivity contribution in [2.24, 2.45) is 0 Å². The first-order valence-corrected chi connectivity index (χ1v) is 10.7. The second-order valence-corrected chi connectivity index (χ2v) is 8.45. The van der Waals surface area contributed by atoms with Crippen LogP contribution in [0.15, 0.2) is 6.33 Å². The summed E-state index contributed by atoms with van der Waals surface area (Å²) in [5.41, 5.74) is 1.93. The Labute approximate surface area is 178 Å². The number of halogens is 1. The highest BCUT2D eigenvalue weighted by Crippen LogP contribution is 2.42. The first-order chi connectivity index (χ1) is 14.5. The van der Waals surface area contributed by atoms with Crippen LogP contribution >= 0.6 is 11.3 Å². The van der Waals surface area contributed by atoms with E-state index < -0.39 is 5.82 Å². The molecule has 0 aromatic carbocycles. The van der Waals surface area contributed by atoms with Gasteiger partial charge in [0.05, 0.1) is 31.0 Å². The molecule has 0 bridgehead atoms. The molecule has 2 aliphatic rings. The number of hydrogen-bond acceptors (Lipinski definition) is 7. The maximum atomic E-state index is 14.8. The second-order valence-electron chi connectivity index (χ2n) is 7.37. The van der Waals surface area contributed by atoms with Gasteiger partial charge in [-0.25, -0.2) is 14.4 Å². The van der Waals surface area contributed by atoms with Crippen LogP contribution in [0.3, 0.4) is 0 Å². The Kier molecular flexibility index (Phi) is 5.70. The molecule has 160 valence electrons. The fourth-order valence-electron chi connectivity index (χ4n) is 3.92. The molecular weight excluding hydrogens is 409 g/mol. The zero-order valence-electron chi connectivity index (χ0n) is 17.3. The van der Waals surface area contributed by atoms with Gasteiger partial charge in [-0.05, 0) is 18.4 Å². The number of anilines is 2. The molecule has 2 aromatic heterocycles. The molecule has 4 heterocycles. The van der Waals surface area contributed by atoms with Crippen LogP contribution in [-0.4, -0.2) is 67.1 Å². The Hall–Kier alpha value is -2.59. The quantitative estimate of drug-likeness (QED) is 0.716. The zero-order valence-corrected chi connectivity index (χ0v) is 18.1. The van der Waals surface area contributed by atoms with E-state index in [1.165, 1.54) is 22.6 Å². The van der Waals surface area contributed by atoms with Crippen LogP contribution in [0, 0.1) is 5.82 Å². The lowest BCUT2D eigenvalue weighted by Gasteiger charge is -2.29. The molecule has 2 amide bonds. The van der Waals surface area contributed by atoms with E-state index in [9.17, 15) is 14.0 Å². The number of hydrogen-bond donors (Lipinski definition) is 0. The summed E-state index contributed by atoms with van der Waals surface area (Å²) in [6, 6.07) is 0. The summed E-state index contributed by atoms with van der Waals surface area (Å²) in [6.07, 6.45) is 2.46. The molecule has 2 aliphatic heterocycles. The van der Waals surface area contributed by atoms with Crippen molar-refractivity contribution >= 4 is 34.0 Å². The Balaban J connectivity index is 1.73. The van der Waals surface area contributed by atoms with Gasteiger partial charge >= 0.3 is 0 Å². The lowest BCUT2D eigenvalue weighted by molar-refractivity contribution is -0.119. The minimum Gasteiger partial charge on any atom is -0.383 e. The van der Waals surface area contributed by atoms with Crippen LogP contribution in [0.2, 0.25) is 0 Å². The molecule has 2 aromatic rings. The largest absolute Gasteiger partial charge is 0.383 e. The first-order valence-electron chi connectivity index (χ1n) is 9.89. The molecule has 8 nitrogen and oxygen atoms in total. The Bertz CT molecular complexity index is 995. The number of fused-ring (bicyclic) bond motifs is 3. The van der Waals surface area contributed by atoms with E-state index in [0.717, 1.165) is 10.4 Å². The smallest absolute Gasteiger partial charge is 0.257 e. The first kappa shape index (κ1) is 20.7. The number of amides is 2. The standard InChI is InChI=1S/C20H24FN5O3S/c1-4-13-17(21)18(23-11-22-13)25-6-5-12-14(9-25)30-20-16(12)19(28)24(2)10-15(27)26(20)7-8-29-3/h11H,4-10H2,1-3H3. The highest BCUT2D eigenvalue weighted by molar-refractivity contribution is 7.17. The summed E-state index contributed by atoms with van der Waals surface area (Å²) in [7, 11) is 3.23. The molecule has 0 radical (unpaired) electrons. The van der Waals surface area contributed by atoms with Crippen LogP contribution < -0.4 is 9.80 Å². The topological polar surface area (TPSA) is 78.9 Å². The number of thiophene rings is 1. The lowest BCUT2D eigenvalue weighted by atomic mass is 10.0. The highest BCUT2D eigenvalue weighted by atomic mass is 32.1. The van der Waals surface area contributed by atoms with E-state index in [2.05, 4.69) is 9.97 Å². The predicted octanol–water partition coefficient (Wildman–Crippen LogP) is 1.87. The van der Waals surface area contributed by atoms with Gasteiger partial charge in [0, 0.05) is 25.6 Å². The number of rotatable bonds is 5. The van der Waals surface area contributed by atoms with E-state index in [1.807, 2.05) is 11.8 Å². The van der Waals surface area contributed by atoms with Crippen molar-refractivity contribution in [3.63, 3.8) is 0 Å². The van der Waals surface area contributed by atoms with Crippen molar-refractivity contribution in [1.29, 1.82) is 0 Å². The molecule has 0 unspecified atom stereocenters. The van der Waals surface area contributed by atoms with Crippen LogP contribution in [-0.2, 0) is 28.9 Å². The number of carbonyl (C=O) groups excluding carboxylic acids is 2. The van der Waals surface area contributed by atoms with Gasteiger partial charge in [0.1, 0.15) is 17.9 Å². The molecule has 10 heteroatoms. The molecule has 0 N–H and O–H groups in total. The van der Waals surface area contributed by atoms with E-state index in [0.29, 0.717) is 55.3 Å². The van der Waals surface area contributed by atoms with Crippen molar-refractivity contribution in [1.82, 2.24) is 14.9 Å². The van der Waals surface area contributed by atoms with Crippen molar-refractivity contribution in [3.05, 3.63) is 33.8 Å². The second kappa shape index (κ2) is 8.27. The van der Waals surface area contributed by atoms with Gasteiger partial charge < -0.3 is 14.5 Å². The summed E-state index contributed by atoms with van der Waals surface area (Å²) in [5.74, 6) is -0.390. The molecule has 30 heavy (non-hydrogen) atoms. The van der Waals surface area contributed by atoms with Crippen LogP contribution in [0.25, 0.3) is 0 Å².